The SMILES string of the molecule is COC(=O)C=CC=CC(=O)Oc1cc(=O)c(O)co1. The van der Waals surface area contributed by atoms with Crippen LogP contribution in [0, 0.1) is 0 Å². The maximum Gasteiger partial charge on any atom is 0.338 e. The van der Waals surface area contributed by atoms with Gasteiger partial charge in [-0.3, -0.25) is 4.79 Å². The van der Waals surface area contributed by atoms with E-state index in [0.717, 1.165) is 24.5 Å². The fraction of sp³-hybridized carbons (Fsp3) is 0.0833. The van der Waals surface area contributed by atoms with Crippen LogP contribution in [-0.4, -0.2) is 24.2 Å². The molecule has 0 radical (unpaired) electrons. The molecular weight excluding hydrogens is 256 g/mol. The van der Waals surface area contributed by atoms with Crippen molar-refractivity contribution in [1.82, 2.24) is 0 Å². The third-order valence-electron chi connectivity index (χ3n) is 1.77. The van der Waals surface area contributed by atoms with E-state index in [2.05, 4.69) is 13.9 Å². The lowest BCUT2D eigenvalue weighted by Crippen LogP contribution is -2.06. The van der Waals surface area contributed by atoms with Crippen LogP contribution in [-0.2, 0) is 14.3 Å². The molecule has 0 aliphatic heterocycles. The van der Waals surface area contributed by atoms with Crippen molar-refractivity contribution in [2.45, 2.75) is 0 Å². The Balaban J connectivity index is 2.58. The molecule has 0 unspecified atom stereocenters. The van der Waals surface area contributed by atoms with Crippen LogP contribution in [0.3, 0.4) is 0 Å². The maximum absolute atomic E-state index is 11.2. The van der Waals surface area contributed by atoms with E-state index in [4.69, 9.17) is 5.11 Å². The Kier molecular flexibility index (Phi) is 5.09. The van der Waals surface area contributed by atoms with Gasteiger partial charge in [-0.05, 0) is 0 Å². The number of ether oxygens (including phenoxy) is 2. The number of carbonyl (C=O) groups is 2. The van der Waals surface area contributed by atoms with Crippen LogP contribution in [0.25, 0.3) is 0 Å². The van der Waals surface area contributed by atoms with E-state index in [1.807, 2.05) is 0 Å². The van der Waals surface area contributed by atoms with E-state index in [9.17, 15) is 14.4 Å². The summed E-state index contributed by atoms with van der Waals surface area (Å²) in [6.45, 7) is 0. The molecule has 0 amide bonds. The molecule has 1 aromatic heterocycles. The lowest BCUT2D eigenvalue weighted by atomic mass is 10.4. The standard InChI is InChI=1S/C12H10O7/c1-17-10(15)4-2-3-5-11(16)19-12-6-8(13)9(14)7-18-12/h2-7,14H,1H3. The molecule has 0 bridgehead atoms. The van der Waals surface area contributed by atoms with Gasteiger partial charge in [-0.15, -0.1) is 0 Å². The van der Waals surface area contributed by atoms with Crippen molar-refractivity contribution in [2.75, 3.05) is 7.11 Å². The molecule has 1 rings (SSSR count). The summed E-state index contributed by atoms with van der Waals surface area (Å²) in [7, 11) is 1.22. The normalized spacial score (nSPS) is 10.8. The highest BCUT2D eigenvalue weighted by atomic mass is 16.6. The first kappa shape index (κ1) is 14.2. The summed E-state index contributed by atoms with van der Waals surface area (Å²) in [5.74, 6) is -2.32. The molecule has 0 saturated heterocycles. The summed E-state index contributed by atoms with van der Waals surface area (Å²) < 4.78 is 13.6. The zero-order chi connectivity index (χ0) is 14.3. The molecule has 19 heavy (non-hydrogen) atoms. The molecule has 100 valence electrons. The van der Waals surface area contributed by atoms with E-state index in [0.29, 0.717) is 0 Å². The van der Waals surface area contributed by atoms with E-state index < -0.39 is 23.1 Å². The van der Waals surface area contributed by atoms with E-state index in [1.165, 1.54) is 19.3 Å². The Morgan fingerprint density at radius 1 is 1.26 bits per heavy atom. The van der Waals surface area contributed by atoms with Gasteiger partial charge >= 0.3 is 11.9 Å². The quantitative estimate of drug-likeness (QED) is 0.481. The maximum atomic E-state index is 11.2. The van der Waals surface area contributed by atoms with Crippen LogP contribution in [0.2, 0.25) is 0 Å². The van der Waals surface area contributed by atoms with Gasteiger partial charge in [0.25, 0.3) is 5.95 Å². The number of allylic oxidation sites excluding steroid dienone is 2. The molecule has 0 aliphatic carbocycles. The van der Waals surface area contributed by atoms with Crippen molar-refractivity contribution >= 4 is 11.9 Å². The Bertz CT molecular complexity index is 580. The second-order valence-electron chi connectivity index (χ2n) is 3.11. The summed E-state index contributed by atoms with van der Waals surface area (Å²) in [6, 6.07) is 0.825. The largest absolute Gasteiger partial charge is 0.502 e. The molecule has 1 aromatic rings. The summed E-state index contributed by atoms with van der Waals surface area (Å²) in [6.07, 6.45) is 5.39. The average molecular weight is 266 g/mol. The summed E-state index contributed by atoms with van der Waals surface area (Å²) in [4.78, 5) is 32.9. The smallest absolute Gasteiger partial charge is 0.338 e. The molecule has 0 aromatic carbocycles. The number of carbonyl (C=O) groups excluding carboxylic acids is 2. The molecule has 1 heterocycles. The number of esters is 2. The zero-order valence-electron chi connectivity index (χ0n) is 9.86. The van der Waals surface area contributed by atoms with Crippen LogP contribution < -0.4 is 10.2 Å². The van der Waals surface area contributed by atoms with E-state index in [-0.39, 0.29) is 5.95 Å². The van der Waals surface area contributed by atoms with Crippen LogP contribution in [0.1, 0.15) is 0 Å². The van der Waals surface area contributed by atoms with Crippen molar-refractivity contribution in [2.24, 2.45) is 0 Å². The molecule has 0 spiro atoms. The first-order chi connectivity index (χ1) is 9.02. The lowest BCUT2D eigenvalue weighted by molar-refractivity contribution is -0.135. The minimum Gasteiger partial charge on any atom is -0.502 e. The monoisotopic (exact) mass is 266 g/mol. The van der Waals surface area contributed by atoms with E-state index in [1.54, 1.807) is 0 Å². The van der Waals surface area contributed by atoms with E-state index >= 15 is 0 Å². The van der Waals surface area contributed by atoms with Crippen molar-refractivity contribution in [3.63, 3.8) is 0 Å². The van der Waals surface area contributed by atoms with Gasteiger partial charge in [0.05, 0.1) is 13.2 Å². The first-order valence-electron chi connectivity index (χ1n) is 4.99. The van der Waals surface area contributed by atoms with Crippen LogP contribution in [0.4, 0.5) is 0 Å². The third kappa shape index (κ3) is 4.90. The molecule has 0 fully saturated rings. The Morgan fingerprint density at radius 3 is 2.47 bits per heavy atom. The van der Waals surface area contributed by atoms with Crippen molar-refractivity contribution in [1.29, 1.82) is 0 Å². The Hall–Kier alpha value is -2.83. The van der Waals surface area contributed by atoms with Crippen LogP contribution in [0.5, 0.6) is 11.7 Å². The van der Waals surface area contributed by atoms with Gasteiger partial charge in [0.15, 0.2) is 5.75 Å². The molecule has 7 nitrogen and oxygen atoms in total. The zero-order valence-corrected chi connectivity index (χ0v) is 9.86. The Labute approximate surface area is 107 Å². The molecule has 1 N–H and O–H groups in total. The fourth-order valence-corrected chi connectivity index (χ4v) is 0.910. The molecule has 0 saturated carbocycles. The van der Waals surface area contributed by atoms with Crippen molar-refractivity contribution in [3.05, 3.63) is 46.9 Å². The number of methoxy groups -OCH3 is 1. The van der Waals surface area contributed by atoms with Crippen molar-refractivity contribution in [3.8, 4) is 11.7 Å². The van der Waals surface area contributed by atoms with Crippen LogP contribution in [0.15, 0.2) is 45.8 Å². The average Bonchev–Trinajstić information content (AvgIpc) is 2.38. The highest BCUT2D eigenvalue weighted by Crippen LogP contribution is 2.11. The van der Waals surface area contributed by atoms with Crippen molar-refractivity contribution < 1.29 is 28.6 Å². The predicted molar refractivity (Wildman–Crippen MR) is 62.6 cm³/mol. The highest BCUT2D eigenvalue weighted by molar-refractivity contribution is 5.85. The topological polar surface area (TPSA) is 103 Å². The number of rotatable bonds is 4. The van der Waals surface area contributed by atoms with Gasteiger partial charge in [0.2, 0.25) is 5.43 Å². The second-order valence-corrected chi connectivity index (χ2v) is 3.11. The van der Waals surface area contributed by atoms with Gasteiger partial charge in [0.1, 0.15) is 6.26 Å². The third-order valence-corrected chi connectivity index (χ3v) is 1.77. The summed E-state index contributed by atoms with van der Waals surface area (Å²) >= 11 is 0. The van der Waals surface area contributed by atoms with Crippen LogP contribution >= 0.6 is 0 Å². The molecule has 0 aliphatic rings. The Morgan fingerprint density at radius 2 is 1.89 bits per heavy atom. The summed E-state index contributed by atoms with van der Waals surface area (Å²) in [5, 5.41) is 8.91. The molecule has 7 heteroatoms. The number of hydrogen-bond donors (Lipinski definition) is 1. The van der Waals surface area contributed by atoms with Gasteiger partial charge in [-0.25, -0.2) is 9.59 Å². The minimum absolute atomic E-state index is 0.352. The fourth-order valence-electron chi connectivity index (χ4n) is 0.910. The number of hydrogen-bond acceptors (Lipinski definition) is 7. The molecule has 0 atom stereocenters. The van der Waals surface area contributed by atoms with Gasteiger partial charge in [-0.2, -0.15) is 0 Å². The van der Waals surface area contributed by atoms with Gasteiger partial charge < -0.3 is 19.0 Å². The first-order valence-corrected chi connectivity index (χ1v) is 4.99. The second kappa shape index (κ2) is 6.80. The summed E-state index contributed by atoms with van der Waals surface area (Å²) in [5.41, 5.74) is -0.733. The lowest BCUT2D eigenvalue weighted by Gasteiger charge is -1.98. The van der Waals surface area contributed by atoms with Gasteiger partial charge in [-0.1, -0.05) is 12.2 Å². The highest BCUT2D eigenvalue weighted by Gasteiger charge is 2.05. The number of aromatic hydroxyl groups is 1. The minimum atomic E-state index is -0.816. The predicted octanol–water partition coefficient (Wildman–Crippen LogP) is 0.536. The molecular formula is C12H10O7. The van der Waals surface area contributed by atoms with Gasteiger partial charge in [0, 0.05) is 12.2 Å².